The molecule has 1 aromatic rings. The van der Waals surface area contributed by atoms with Crippen molar-refractivity contribution < 1.29 is 4.79 Å². The van der Waals surface area contributed by atoms with Gasteiger partial charge in [-0.3, -0.25) is 4.79 Å². The third-order valence-electron chi connectivity index (χ3n) is 2.42. The van der Waals surface area contributed by atoms with Gasteiger partial charge >= 0.3 is 0 Å². The Balaban J connectivity index is 2.67. The highest BCUT2D eigenvalue weighted by atomic mass is 32.1. The number of hydrogen-bond donors (Lipinski definition) is 1. The quantitative estimate of drug-likeness (QED) is 0.847. The molecular weight excluding hydrogens is 208 g/mol. The molecule has 0 atom stereocenters. The van der Waals surface area contributed by atoms with Crippen LogP contribution in [-0.4, -0.2) is 38.0 Å². The smallest absolute Gasteiger partial charge is 0.263 e. The van der Waals surface area contributed by atoms with Gasteiger partial charge in [-0.15, -0.1) is 11.3 Å². The molecule has 1 rings (SSSR count). The summed E-state index contributed by atoms with van der Waals surface area (Å²) in [5, 5.41) is 3.03. The Kier molecular flexibility index (Phi) is 4.29. The number of rotatable bonds is 4. The van der Waals surface area contributed by atoms with E-state index in [0.717, 1.165) is 18.0 Å². The summed E-state index contributed by atoms with van der Waals surface area (Å²) < 4.78 is 0. The van der Waals surface area contributed by atoms with Crippen molar-refractivity contribution in [2.75, 3.05) is 27.2 Å². The summed E-state index contributed by atoms with van der Waals surface area (Å²) in [6.07, 6.45) is 0. The zero-order chi connectivity index (χ0) is 11.4. The molecule has 0 aliphatic heterocycles. The fourth-order valence-corrected chi connectivity index (χ4v) is 2.28. The Bertz CT molecular complexity index is 327. The first-order chi connectivity index (χ1) is 7.06. The fraction of sp³-hybridized carbons (Fsp3) is 0.545. The first-order valence-electron chi connectivity index (χ1n) is 5.03. The van der Waals surface area contributed by atoms with Gasteiger partial charge in [0.1, 0.15) is 0 Å². The van der Waals surface area contributed by atoms with Crippen molar-refractivity contribution in [1.29, 1.82) is 0 Å². The number of aryl methyl sites for hydroxylation is 2. The van der Waals surface area contributed by atoms with Gasteiger partial charge in [-0.25, -0.2) is 0 Å². The molecule has 0 aromatic carbocycles. The summed E-state index contributed by atoms with van der Waals surface area (Å²) in [7, 11) is 3.72. The van der Waals surface area contributed by atoms with Crippen LogP contribution in [0.3, 0.4) is 0 Å². The van der Waals surface area contributed by atoms with Crippen LogP contribution in [0.25, 0.3) is 0 Å². The normalized spacial score (nSPS) is 10.4. The maximum absolute atomic E-state index is 11.9. The molecule has 1 aromatic heterocycles. The molecule has 1 heterocycles. The first-order valence-corrected chi connectivity index (χ1v) is 5.85. The number of carbonyl (C=O) groups excluding carboxylic acids is 1. The molecule has 0 aliphatic carbocycles. The van der Waals surface area contributed by atoms with Crippen LogP contribution in [0.4, 0.5) is 0 Å². The highest BCUT2D eigenvalue weighted by Gasteiger charge is 2.14. The minimum atomic E-state index is 0.117. The summed E-state index contributed by atoms with van der Waals surface area (Å²) >= 11 is 1.57. The standard InChI is InChI=1S/C11H18N2OS/c1-8-7-10(15-9(8)2)11(14)13(4)6-5-12-3/h7,12H,5-6H2,1-4H3. The van der Waals surface area contributed by atoms with Gasteiger partial charge in [-0.05, 0) is 32.5 Å². The van der Waals surface area contributed by atoms with Crippen LogP contribution in [0.15, 0.2) is 6.07 Å². The molecule has 3 nitrogen and oxygen atoms in total. The number of carbonyl (C=O) groups is 1. The summed E-state index contributed by atoms with van der Waals surface area (Å²) in [6.45, 7) is 5.65. The molecule has 0 spiro atoms. The van der Waals surface area contributed by atoms with Gasteiger partial charge in [0.05, 0.1) is 4.88 Å². The molecular formula is C11H18N2OS. The van der Waals surface area contributed by atoms with Gasteiger partial charge in [0.15, 0.2) is 0 Å². The Morgan fingerprint density at radius 3 is 2.67 bits per heavy atom. The predicted octanol–water partition coefficient (Wildman–Crippen LogP) is 1.66. The molecule has 0 bridgehead atoms. The van der Waals surface area contributed by atoms with E-state index in [2.05, 4.69) is 5.32 Å². The minimum Gasteiger partial charge on any atom is -0.340 e. The number of nitrogens with zero attached hydrogens (tertiary/aromatic N) is 1. The molecule has 0 radical (unpaired) electrons. The molecule has 0 fully saturated rings. The van der Waals surface area contributed by atoms with Crippen LogP contribution in [0, 0.1) is 13.8 Å². The van der Waals surface area contributed by atoms with E-state index < -0.39 is 0 Å². The van der Waals surface area contributed by atoms with Crippen molar-refractivity contribution in [2.45, 2.75) is 13.8 Å². The van der Waals surface area contributed by atoms with E-state index in [9.17, 15) is 4.79 Å². The monoisotopic (exact) mass is 226 g/mol. The molecule has 4 heteroatoms. The predicted molar refractivity (Wildman–Crippen MR) is 64.7 cm³/mol. The van der Waals surface area contributed by atoms with Gasteiger partial charge in [-0.1, -0.05) is 0 Å². The van der Waals surface area contributed by atoms with Gasteiger partial charge < -0.3 is 10.2 Å². The molecule has 15 heavy (non-hydrogen) atoms. The molecule has 0 saturated heterocycles. The van der Waals surface area contributed by atoms with E-state index in [1.165, 1.54) is 10.4 Å². The second-order valence-electron chi connectivity index (χ2n) is 3.68. The zero-order valence-corrected chi connectivity index (χ0v) is 10.6. The maximum Gasteiger partial charge on any atom is 0.263 e. The zero-order valence-electron chi connectivity index (χ0n) is 9.76. The van der Waals surface area contributed by atoms with Crippen LogP contribution < -0.4 is 5.32 Å². The van der Waals surface area contributed by atoms with E-state index in [1.54, 1.807) is 16.2 Å². The van der Waals surface area contributed by atoms with Crippen LogP contribution in [0.2, 0.25) is 0 Å². The first kappa shape index (κ1) is 12.2. The number of nitrogens with one attached hydrogen (secondary N) is 1. The van der Waals surface area contributed by atoms with Crippen LogP contribution in [0.5, 0.6) is 0 Å². The van der Waals surface area contributed by atoms with Gasteiger partial charge in [0.25, 0.3) is 5.91 Å². The molecule has 0 aliphatic rings. The van der Waals surface area contributed by atoms with Crippen molar-refractivity contribution >= 4 is 17.2 Å². The third kappa shape index (κ3) is 3.04. The second-order valence-corrected chi connectivity index (χ2v) is 4.94. The fourth-order valence-electron chi connectivity index (χ4n) is 1.25. The van der Waals surface area contributed by atoms with Crippen LogP contribution in [-0.2, 0) is 0 Å². The van der Waals surface area contributed by atoms with Crippen molar-refractivity contribution in [3.63, 3.8) is 0 Å². The molecule has 1 N–H and O–H groups in total. The Morgan fingerprint density at radius 2 is 2.20 bits per heavy atom. The number of amides is 1. The third-order valence-corrected chi connectivity index (χ3v) is 3.56. The van der Waals surface area contributed by atoms with E-state index in [0.29, 0.717) is 0 Å². The largest absolute Gasteiger partial charge is 0.340 e. The minimum absolute atomic E-state index is 0.117. The number of hydrogen-bond acceptors (Lipinski definition) is 3. The van der Waals surface area contributed by atoms with Gasteiger partial charge in [0.2, 0.25) is 0 Å². The lowest BCUT2D eigenvalue weighted by Gasteiger charge is -2.15. The van der Waals surface area contributed by atoms with Gasteiger partial charge in [0, 0.05) is 25.0 Å². The van der Waals surface area contributed by atoms with Gasteiger partial charge in [-0.2, -0.15) is 0 Å². The van der Waals surface area contributed by atoms with Crippen LogP contribution in [0.1, 0.15) is 20.1 Å². The topological polar surface area (TPSA) is 32.3 Å². The highest BCUT2D eigenvalue weighted by Crippen LogP contribution is 2.21. The summed E-state index contributed by atoms with van der Waals surface area (Å²) in [5.74, 6) is 0.117. The Hall–Kier alpha value is -0.870. The summed E-state index contributed by atoms with van der Waals surface area (Å²) in [6, 6.07) is 1.97. The van der Waals surface area contributed by atoms with Crippen molar-refractivity contribution in [3.8, 4) is 0 Å². The number of likely N-dealkylation sites (N-methyl/N-ethyl adjacent to an activating group) is 2. The van der Waals surface area contributed by atoms with E-state index in [4.69, 9.17) is 0 Å². The maximum atomic E-state index is 11.9. The van der Waals surface area contributed by atoms with Crippen molar-refractivity contribution in [3.05, 3.63) is 21.4 Å². The number of thiophene rings is 1. The SMILES string of the molecule is CNCCN(C)C(=O)c1cc(C)c(C)s1. The second kappa shape index (κ2) is 5.28. The van der Waals surface area contributed by atoms with Crippen LogP contribution >= 0.6 is 11.3 Å². The van der Waals surface area contributed by atoms with E-state index in [-0.39, 0.29) is 5.91 Å². The summed E-state index contributed by atoms with van der Waals surface area (Å²) in [4.78, 5) is 15.7. The highest BCUT2D eigenvalue weighted by molar-refractivity contribution is 7.14. The molecule has 0 unspecified atom stereocenters. The molecule has 0 saturated carbocycles. The molecule has 1 amide bonds. The average molecular weight is 226 g/mol. The Morgan fingerprint density at radius 1 is 1.53 bits per heavy atom. The molecule has 84 valence electrons. The van der Waals surface area contributed by atoms with Crippen molar-refractivity contribution in [1.82, 2.24) is 10.2 Å². The lowest BCUT2D eigenvalue weighted by molar-refractivity contribution is 0.0801. The van der Waals surface area contributed by atoms with Crippen molar-refractivity contribution in [2.24, 2.45) is 0 Å². The van der Waals surface area contributed by atoms with E-state index in [1.807, 2.05) is 34.0 Å². The van der Waals surface area contributed by atoms with E-state index >= 15 is 0 Å². The lowest BCUT2D eigenvalue weighted by atomic mass is 10.3. The summed E-state index contributed by atoms with van der Waals surface area (Å²) in [5.41, 5.74) is 1.20. The average Bonchev–Trinajstić information content (AvgIpc) is 2.54. The Labute approximate surface area is 95.1 Å². The lowest BCUT2D eigenvalue weighted by Crippen LogP contribution is -2.32.